The van der Waals surface area contributed by atoms with Gasteiger partial charge >= 0.3 is 0 Å². The van der Waals surface area contributed by atoms with Crippen molar-refractivity contribution in [1.29, 1.82) is 5.26 Å². The molecule has 3 heteroatoms. The number of benzene rings is 2. The molecule has 0 atom stereocenters. The van der Waals surface area contributed by atoms with Crippen LogP contribution in [0.1, 0.15) is 5.56 Å². The third-order valence-electron chi connectivity index (χ3n) is 2.66. The van der Waals surface area contributed by atoms with Crippen LogP contribution in [-0.2, 0) is 20.1 Å². The Labute approximate surface area is 112 Å². The fourth-order valence-electron chi connectivity index (χ4n) is 1.91. The van der Waals surface area contributed by atoms with Gasteiger partial charge in [-0.05, 0) is 22.5 Å². The first kappa shape index (κ1) is 11.7. The third-order valence-corrected chi connectivity index (χ3v) is 2.66. The van der Waals surface area contributed by atoms with Crippen LogP contribution >= 0.6 is 0 Å². The van der Waals surface area contributed by atoms with Gasteiger partial charge in [0.2, 0.25) is 0 Å². The number of hydrogen-bond donors (Lipinski definition) is 0. The smallest absolute Gasteiger partial charge is 0.0795 e. The molecular weight excluding hydrogens is 388 g/mol. The molecule has 0 spiro atoms. The standard InChI is InChI=1S/C14H7N2.Ir/c15-9-11-3-1-5-13-12(11)7-6-10-4-2-8-16-14(10)13;/h1-4,6-8H;/q-1;. The number of nitriles is 1. The quantitative estimate of drug-likeness (QED) is 0.433. The van der Waals surface area contributed by atoms with Crippen molar-refractivity contribution in [2.24, 2.45) is 0 Å². The Bertz CT molecular complexity index is 729. The maximum Gasteiger partial charge on any atom is 0.0795 e. The van der Waals surface area contributed by atoms with Crippen LogP contribution in [0.25, 0.3) is 21.7 Å². The van der Waals surface area contributed by atoms with Crippen LogP contribution in [0.2, 0.25) is 0 Å². The molecule has 3 rings (SSSR count). The molecule has 1 heterocycles. The number of aromatic nitrogens is 1. The van der Waals surface area contributed by atoms with E-state index in [-0.39, 0.29) is 20.1 Å². The van der Waals surface area contributed by atoms with Crippen molar-refractivity contribution in [3.8, 4) is 6.07 Å². The zero-order valence-corrected chi connectivity index (χ0v) is 11.2. The second-order valence-electron chi connectivity index (χ2n) is 3.57. The fourth-order valence-corrected chi connectivity index (χ4v) is 1.91. The molecule has 83 valence electrons. The van der Waals surface area contributed by atoms with Crippen molar-refractivity contribution >= 4 is 21.7 Å². The Hall–Kier alpha value is -1.75. The van der Waals surface area contributed by atoms with Gasteiger partial charge in [-0.15, -0.1) is 23.6 Å². The van der Waals surface area contributed by atoms with Crippen molar-refractivity contribution in [2.45, 2.75) is 0 Å². The Morgan fingerprint density at radius 3 is 2.88 bits per heavy atom. The van der Waals surface area contributed by atoms with Crippen molar-refractivity contribution < 1.29 is 20.1 Å². The van der Waals surface area contributed by atoms with Gasteiger partial charge in [-0.3, -0.25) is 0 Å². The van der Waals surface area contributed by atoms with Gasteiger partial charge in [-0.1, -0.05) is 23.6 Å². The molecule has 0 amide bonds. The van der Waals surface area contributed by atoms with Crippen LogP contribution in [0.5, 0.6) is 0 Å². The summed E-state index contributed by atoms with van der Waals surface area (Å²) in [5.74, 6) is 0. The first-order valence-electron chi connectivity index (χ1n) is 4.98. The van der Waals surface area contributed by atoms with Gasteiger partial charge < -0.3 is 4.98 Å². The van der Waals surface area contributed by atoms with E-state index in [1.165, 1.54) is 0 Å². The Morgan fingerprint density at radius 2 is 2.06 bits per heavy atom. The molecule has 1 radical (unpaired) electrons. The van der Waals surface area contributed by atoms with Crippen molar-refractivity contribution in [3.05, 3.63) is 54.2 Å². The van der Waals surface area contributed by atoms with Gasteiger partial charge in [-0.2, -0.15) is 5.26 Å². The Balaban J connectivity index is 0.00000108. The summed E-state index contributed by atoms with van der Waals surface area (Å²) in [5.41, 5.74) is 1.57. The normalized spacial score (nSPS) is 9.82. The van der Waals surface area contributed by atoms with Crippen molar-refractivity contribution in [2.75, 3.05) is 0 Å². The van der Waals surface area contributed by atoms with Gasteiger partial charge in [0.25, 0.3) is 0 Å². The average Bonchev–Trinajstić information content (AvgIpc) is 2.37. The molecule has 17 heavy (non-hydrogen) atoms. The Morgan fingerprint density at radius 1 is 1.18 bits per heavy atom. The van der Waals surface area contributed by atoms with E-state index in [1.54, 1.807) is 18.3 Å². The van der Waals surface area contributed by atoms with E-state index in [4.69, 9.17) is 5.26 Å². The number of hydrogen-bond acceptors (Lipinski definition) is 2. The SMILES string of the molecule is N#Cc1cc[c-]c2c1ccc1cccnc12.[Ir]. The van der Waals surface area contributed by atoms with E-state index in [2.05, 4.69) is 17.1 Å². The molecule has 0 unspecified atom stereocenters. The van der Waals surface area contributed by atoms with Crippen LogP contribution in [0.15, 0.2) is 42.6 Å². The van der Waals surface area contributed by atoms with Gasteiger partial charge in [0.05, 0.1) is 6.07 Å². The maximum absolute atomic E-state index is 9.02. The van der Waals surface area contributed by atoms with Gasteiger partial charge in [-0.25, -0.2) is 0 Å². The van der Waals surface area contributed by atoms with E-state index in [9.17, 15) is 0 Å². The minimum absolute atomic E-state index is 0. The number of pyridine rings is 1. The monoisotopic (exact) mass is 396 g/mol. The van der Waals surface area contributed by atoms with E-state index in [1.807, 2.05) is 24.3 Å². The molecule has 1 aromatic heterocycles. The largest absolute Gasteiger partial charge is 0.304 e. The number of rotatable bonds is 0. The number of nitrogens with zero attached hydrogens (tertiary/aromatic N) is 2. The summed E-state index contributed by atoms with van der Waals surface area (Å²) in [7, 11) is 0. The van der Waals surface area contributed by atoms with Gasteiger partial charge in [0.15, 0.2) is 0 Å². The predicted octanol–water partition coefficient (Wildman–Crippen LogP) is 3.06. The van der Waals surface area contributed by atoms with Crippen molar-refractivity contribution in [1.82, 2.24) is 4.98 Å². The molecule has 2 nitrogen and oxygen atoms in total. The van der Waals surface area contributed by atoms with Crippen LogP contribution in [0, 0.1) is 17.4 Å². The summed E-state index contributed by atoms with van der Waals surface area (Å²) in [6.07, 6.45) is 1.76. The fraction of sp³-hybridized carbons (Fsp3) is 0. The summed E-state index contributed by atoms with van der Waals surface area (Å²) in [6, 6.07) is 16.7. The molecule has 0 saturated carbocycles. The molecule has 0 N–H and O–H groups in total. The van der Waals surface area contributed by atoms with Gasteiger partial charge in [0, 0.05) is 26.3 Å². The molecular formula is C14H7IrN2-. The van der Waals surface area contributed by atoms with E-state index in [0.29, 0.717) is 5.56 Å². The van der Waals surface area contributed by atoms with Crippen molar-refractivity contribution in [3.63, 3.8) is 0 Å². The molecule has 0 aliphatic heterocycles. The number of fused-ring (bicyclic) bond motifs is 3. The summed E-state index contributed by atoms with van der Waals surface area (Å²) in [5, 5.41) is 11.9. The van der Waals surface area contributed by atoms with Gasteiger partial charge in [0.1, 0.15) is 0 Å². The first-order chi connectivity index (χ1) is 7.90. The second kappa shape index (κ2) is 4.63. The second-order valence-corrected chi connectivity index (χ2v) is 3.57. The molecule has 2 aromatic carbocycles. The summed E-state index contributed by atoms with van der Waals surface area (Å²) in [4.78, 5) is 4.34. The molecule has 3 aromatic rings. The third kappa shape index (κ3) is 1.82. The molecule has 0 aliphatic rings. The summed E-state index contributed by atoms with van der Waals surface area (Å²) >= 11 is 0. The zero-order valence-electron chi connectivity index (χ0n) is 8.77. The first-order valence-corrected chi connectivity index (χ1v) is 4.98. The average molecular weight is 395 g/mol. The molecule has 0 aliphatic carbocycles. The maximum atomic E-state index is 9.02. The minimum atomic E-state index is 0. The summed E-state index contributed by atoms with van der Waals surface area (Å²) in [6.45, 7) is 0. The van der Waals surface area contributed by atoms with Crippen LogP contribution in [0.3, 0.4) is 0 Å². The zero-order chi connectivity index (χ0) is 11.0. The van der Waals surface area contributed by atoms with E-state index >= 15 is 0 Å². The molecule has 0 fully saturated rings. The minimum Gasteiger partial charge on any atom is -0.304 e. The van der Waals surface area contributed by atoms with E-state index in [0.717, 1.165) is 21.7 Å². The van der Waals surface area contributed by atoms with Crippen LogP contribution in [-0.4, -0.2) is 4.98 Å². The molecule has 0 bridgehead atoms. The van der Waals surface area contributed by atoms with E-state index < -0.39 is 0 Å². The predicted molar refractivity (Wildman–Crippen MR) is 62.8 cm³/mol. The van der Waals surface area contributed by atoms with Crippen LogP contribution < -0.4 is 0 Å². The summed E-state index contributed by atoms with van der Waals surface area (Å²) < 4.78 is 0. The molecule has 0 saturated heterocycles. The Kier molecular flexibility index (Phi) is 3.19. The van der Waals surface area contributed by atoms with Crippen LogP contribution in [0.4, 0.5) is 0 Å². The topological polar surface area (TPSA) is 36.7 Å².